The molecule has 7 nitrogen and oxygen atoms in total. The number of ether oxygens (including phenoxy) is 1. The minimum atomic E-state index is -4.79. The number of ketones is 1. The van der Waals surface area contributed by atoms with Gasteiger partial charge in [-0.2, -0.15) is 18.3 Å². The van der Waals surface area contributed by atoms with Crippen molar-refractivity contribution in [2.24, 2.45) is 7.05 Å². The van der Waals surface area contributed by atoms with Crippen LogP contribution < -0.4 is 4.74 Å². The van der Waals surface area contributed by atoms with Gasteiger partial charge < -0.3 is 4.74 Å². The smallest absolute Gasteiger partial charge is 0.404 e. The highest BCUT2D eigenvalue weighted by atomic mass is 32.2. The molecule has 2 aliphatic rings. The van der Waals surface area contributed by atoms with Crippen LogP contribution >= 0.6 is 0 Å². The monoisotopic (exact) mass is 496 g/mol. The largest absolute Gasteiger partial charge is 0.416 e. The fraction of sp³-hybridized carbons (Fsp3) is 0.435. The van der Waals surface area contributed by atoms with Crippen LogP contribution in [0.3, 0.4) is 0 Å². The number of carbonyl (C=O) groups excluding carboxylic acids is 2. The fourth-order valence-corrected chi connectivity index (χ4v) is 4.91. The van der Waals surface area contributed by atoms with Crippen LogP contribution in [0.15, 0.2) is 34.7 Å². The molecule has 182 valence electrons. The van der Waals surface area contributed by atoms with Crippen LogP contribution in [-0.4, -0.2) is 36.2 Å². The van der Waals surface area contributed by atoms with Gasteiger partial charge in [0.15, 0.2) is 9.84 Å². The summed E-state index contributed by atoms with van der Waals surface area (Å²) in [5.41, 5.74) is -0.898. The highest BCUT2D eigenvalue weighted by Crippen LogP contribution is 2.44. The quantitative estimate of drug-likeness (QED) is 0.436. The van der Waals surface area contributed by atoms with Crippen molar-refractivity contribution in [1.29, 1.82) is 0 Å². The molecule has 11 heteroatoms. The van der Waals surface area contributed by atoms with Crippen LogP contribution in [0.5, 0.6) is 5.88 Å². The predicted octanol–water partition coefficient (Wildman–Crippen LogP) is 4.36. The number of aryl methyl sites for hydroxylation is 1. The van der Waals surface area contributed by atoms with Crippen molar-refractivity contribution in [3.05, 3.63) is 52.2 Å². The molecular weight excluding hydrogens is 473 g/mol. The third-order valence-electron chi connectivity index (χ3n) is 5.91. The SMILES string of the molecule is Cn1nc(C2CC2)c(C(=O)c2ccc(C(F)(F)F)cc2S(C)(=O)=O)c1OC(=O)C1=CCCCC1. The molecule has 0 spiro atoms. The highest BCUT2D eigenvalue weighted by molar-refractivity contribution is 7.90. The van der Waals surface area contributed by atoms with Crippen LogP contribution in [0.1, 0.15) is 71.6 Å². The molecule has 0 bridgehead atoms. The van der Waals surface area contributed by atoms with Crippen molar-refractivity contribution in [2.75, 3.05) is 6.26 Å². The van der Waals surface area contributed by atoms with E-state index in [1.54, 1.807) is 6.08 Å². The molecule has 4 rings (SSSR count). The molecule has 0 amide bonds. The average molecular weight is 497 g/mol. The lowest BCUT2D eigenvalue weighted by Gasteiger charge is -2.14. The number of alkyl halides is 3. The molecule has 1 heterocycles. The number of allylic oxidation sites excluding steroid dienone is 1. The molecule has 2 aromatic rings. The second kappa shape index (κ2) is 8.68. The minimum absolute atomic E-state index is 0.0809. The van der Waals surface area contributed by atoms with Crippen LogP contribution in [0.4, 0.5) is 13.2 Å². The lowest BCUT2D eigenvalue weighted by atomic mass is 9.99. The van der Waals surface area contributed by atoms with Gasteiger partial charge in [-0.05, 0) is 56.7 Å². The summed E-state index contributed by atoms with van der Waals surface area (Å²) < 4.78 is 71.2. The number of halogens is 3. The van der Waals surface area contributed by atoms with E-state index in [4.69, 9.17) is 4.74 Å². The number of carbonyl (C=O) groups is 2. The highest BCUT2D eigenvalue weighted by Gasteiger charge is 2.38. The van der Waals surface area contributed by atoms with E-state index in [-0.39, 0.29) is 17.4 Å². The molecule has 0 saturated heterocycles. The van der Waals surface area contributed by atoms with Crippen molar-refractivity contribution in [2.45, 2.75) is 55.5 Å². The van der Waals surface area contributed by atoms with Crippen LogP contribution in [-0.2, 0) is 27.9 Å². The second-order valence-electron chi connectivity index (χ2n) is 8.64. The van der Waals surface area contributed by atoms with Gasteiger partial charge in [-0.1, -0.05) is 6.08 Å². The Morgan fingerprint density at radius 2 is 1.88 bits per heavy atom. The van der Waals surface area contributed by atoms with Gasteiger partial charge in [0.25, 0.3) is 0 Å². The average Bonchev–Trinajstić information content (AvgIpc) is 3.57. The maximum Gasteiger partial charge on any atom is 0.416 e. The Kier molecular flexibility index (Phi) is 6.17. The summed E-state index contributed by atoms with van der Waals surface area (Å²) in [5.74, 6) is -1.72. The molecule has 1 aromatic carbocycles. The van der Waals surface area contributed by atoms with Crippen molar-refractivity contribution < 1.29 is 35.9 Å². The zero-order chi connectivity index (χ0) is 24.8. The third-order valence-corrected chi connectivity index (χ3v) is 7.05. The number of aromatic nitrogens is 2. The first-order valence-corrected chi connectivity index (χ1v) is 12.7. The summed E-state index contributed by atoms with van der Waals surface area (Å²) >= 11 is 0. The van der Waals surface area contributed by atoms with Gasteiger partial charge in [0.2, 0.25) is 11.7 Å². The Morgan fingerprint density at radius 3 is 2.44 bits per heavy atom. The summed E-state index contributed by atoms with van der Waals surface area (Å²) in [6.07, 6.45) is 2.26. The molecule has 1 aromatic heterocycles. The number of esters is 1. The molecule has 1 saturated carbocycles. The Labute approximate surface area is 194 Å². The van der Waals surface area contributed by atoms with E-state index in [0.29, 0.717) is 29.8 Å². The summed E-state index contributed by atoms with van der Waals surface area (Å²) in [7, 11) is -2.71. The summed E-state index contributed by atoms with van der Waals surface area (Å²) in [4.78, 5) is 25.6. The van der Waals surface area contributed by atoms with E-state index in [9.17, 15) is 31.2 Å². The fourth-order valence-electron chi connectivity index (χ4n) is 4.01. The maximum atomic E-state index is 13.6. The summed E-state index contributed by atoms with van der Waals surface area (Å²) in [5, 5.41) is 4.34. The minimum Gasteiger partial charge on any atom is -0.404 e. The first-order valence-electron chi connectivity index (χ1n) is 10.8. The number of rotatable bonds is 6. The third kappa shape index (κ3) is 4.79. The molecule has 0 unspecified atom stereocenters. The first-order chi connectivity index (χ1) is 15.9. The van der Waals surface area contributed by atoms with Gasteiger partial charge in [0.05, 0.1) is 16.2 Å². The Hall–Kier alpha value is -2.95. The van der Waals surface area contributed by atoms with Gasteiger partial charge in [-0.3, -0.25) is 4.79 Å². The summed E-state index contributed by atoms with van der Waals surface area (Å²) in [6, 6.07) is 1.96. The molecule has 2 aliphatic carbocycles. The first kappa shape index (κ1) is 24.2. The van der Waals surface area contributed by atoms with Crippen molar-refractivity contribution in [1.82, 2.24) is 9.78 Å². The number of sulfone groups is 1. The molecule has 0 aliphatic heterocycles. The van der Waals surface area contributed by atoms with Crippen LogP contribution in [0, 0.1) is 0 Å². The zero-order valence-corrected chi connectivity index (χ0v) is 19.4. The number of benzene rings is 1. The normalized spacial score (nSPS) is 16.8. The lowest BCUT2D eigenvalue weighted by molar-refractivity contribution is -0.137. The van der Waals surface area contributed by atoms with Gasteiger partial charge in [-0.25, -0.2) is 17.9 Å². The van der Waals surface area contributed by atoms with Crippen LogP contribution in [0.25, 0.3) is 0 Å². The molecule has 0 radical (unpaired) electrons. The number of hydrogen-bond acceptors (Lipinski definition) is 6. The molecule has 34 heavy (non-hydrogen) atoms. The standard InChI is InChI=1S/C23H23F3N2O5S/c1-28-21(33-22(30)14-6-4-3-5-7-14)18(19(27-28)13-8-9-13)20(29)16-11-10-15(23(24,25)26)12-17(16)34(2,31)32/h6,10-13H,3-5,7-9H2,1-2H3. The van der Waals surface area contributed by atoms with Crippen molar-refractivity contribution in [3.63, 3.8) is 0 Å². The van der Waals surface area contributed by atoms with Gasteiger partial charge in [-0.15, -0.1) is 0 Å². The van der Waals surface area contributed by atoms with Gasteiger partial charge >= 0.3 is 12.1 Å². The van der Waals surface area contributed by atoms with E-state index in [0.717, 1.165) is 44.4 Å². The molecular formula is C23H23F3N2O5S. The number of hydrogen-bond donors (Lipinski definition) is 0. The van der Waals surface area contributed by atoms with Crippen molar-refractivity contribution in [3.8, 4) is 5.88 Å². The van der Waals surface area contributed by atoms with Crippen molar-refractivity contribution >= 4 is 21.6 Å². The lowest BCUT2D eigenvalue weighted by Crippen LogP contribution is -2.18. The topological polar surface area (TPSA) is 95.3 Å². The predicted molar refractivity (Wildman–Crippen MR) is 115 cm³/mol. The maximum absolute atomic E-state index is 13.6. The molecule has 0 N–H and O–H groups in total. The van der Waals surface area contributed by atoms with Crippen LogP contribution in [0.2, 0.25) is 0 Å². The van der Waals surface area contributed by atoms with E-state index >= 15 is 0 Å². The Morgan fingerprint density at radius 1 is 1.18 bits per heavy atom. The van der Waals surface area contributed by atoms with E-state index in [1.165, 1.54) is 11.7 Å². The number of nitrogens with zero attached hydrogens (tertiary/aromatic N) is 2. The second-order valence-corrected chi connectivity index (χ2v) is 10.6. The Bertz CT molecular complexity index is 1300. The molecule has 1 fully saturated rings. The van der Waals surface area contributed by atoms with Gasteiger partial charge in [0, 0.05) is 30.4 Å². The summed E-state index contributed by atoms with van der Waals surface area (Å²) in [6.45, 7) is 0. The molecule has 0 atom stereocenters. The van der Waals surface area contributed by atoms with E-state index in [1.807, 2.05) is 0 Å². The Balaban J connectivity index is 1.82. The van der Waals surface area contributed by atoms with E-state index < -0.39 is 43.8 Å². The zero-order valence-electron chi connectivity index (χ0n) is 18.6. The van der Waals surface area contributed by atoms with E-state index in [2.05, 4.69) is 5.10 Å². The van der Waals surface area contributed by atoms with Gasteiger partial charge in [0.1, 0.15) is 5.56 Å².